The zero-order valence-electron chi connectivity index (χ0n) is 6.25. The maximum Gasteiger partial charge on any atom is 0.294 e. The molecule has 0 aliphatic heterocycles. The van der Waals surface area contributed by atoms with E-state index in [-0.39, 0.29) is 7.43 Å². The number of aromatic nitrogens is 2. The van der Waals surface area contributed by atoms with Crippen LogP contribution in [-0.2, 0) is 16.0 Å². The molecule has 1 aromatic heterocycles. The van der Waals surface area contributed by atoms with Gasteiger partial charge < -0.3 is 4.74 Å². The van der Waals surface area contributed by atoms with Crippen molar-refractivity contribution >= 4 is 19.1 Å². The predicted molar refractivity (Wildman–Crippen MR) is 52.4 cm³/mol. The van der Waals surface area contributed by atoms with Crippen LogP contribution in [0, 0.1) is 0 Å². The van der Waals surface area contributed by atoms with Crippen LogP contribution in [0.3, 0.4) is 0 Å². The van der Waals surface area contributed by atoms with E-state index in [1.54, 1.807) is 12.4 Å². The summed E-state index contributed by atoms with van der Waals surface area (Å²) in [6.45, 7) is 0.376. The van der Waals surface area contributed by atoms with E-state index in [4.69, 9.17) is 0 Å². The Bertz CT molecular complexity index is 243. The van der Waals surface area contributed by atoms with Crippen molar-refractivity contribution in [1.82, 2.24) is 9.97 Å². The van der Waals surface area contributed by atoms with Crippen LogP contribution in [-0.4, -0.2) is 21.9 Å². The Balaban J connectivity index is 0.00000144. The summed E-state index contributed by atoms with van der Waals surface area (Å²) in [4.78, 5) is 17.5. The summed E-state index contributed by atoms with van der Waals surface area (Å²) in [5.41, 5.74) is 0.466. The number of hydrogen-bond donors (Lipinski definition) is 1. The molecule has 0 aliphatic carbocycles. The summed E-state index contributed by atoms with van der Waals surface area (Å²) in [6.07, 6.45) is 5.27. The molecule has 0 aliphatic rings. The van der Waals surface area contributed by atoms with E-state index in [1.165, 1.54) is 6.33 Å². The van der Waals surface area contributed by atoms with Crippen LogP contribution >= 0.6 is 12.6 Å². The number of nitrogens with zero attached hydrogens (tertiary/aromatic N) is 2. The predicted octanol–water partition coefficient (Wildman–Crippen LogP) is 1.08. The number of thiol groups is 1. The van der Waals surface area contributed by atoms with Gasteiger partial charge in [0.25, 0.3) is 6.47 Å². The summed E-state index contributed by atoms with van der Waals surface area (Å²) >= 11 is 4.01. The maximum atomic E-state index is 9.90. The Morgan fingerprint density at radius 1 is 1.54 bits per heavy atom. The molecule has 1 rings (SSSR count). The van der Waals surface area contributed by atoms with Crippen LogP contribution in [0.25, 0.3) is 0 Å². The van der Waals surface area contributed by atoms with E-state index in [0.717, 1.165) is 5.56 Å². The molecule has 0 radical (unpaired) electrons. The molecule has 0 amide bonds. The zero-order valence-corrected chi connectivity index (χ0v) is 7.15. The van der Waals surface area contributed by atoms with Crippen molar-refractivity contribution in [2.75, 3.05) is 0 Å². The highest BCUT2D eigenvalue weighted by atomic mass is 32.1. The third-order valence-corrected chi connectivity index (χ3v) is 1.54. The van der Waals surface area contributed by atoms with Gasteiger partial charge >= 0.3 is 0 Å². The van der Waals surface area contributed by atoms with E-state index < -0.39 is 5.44 Å². The number of hydrogen-bond acceptors (Lipinski definition) is 5. The molecule has 0 aromatic carbocycles. The second kappa shape index (κ2) is 6.42. The fraction of sp³-hybridized carbons (Fsp3) is 0.375. The van der Waals surface area contributed by atoms with Crippen LogP contribution in [0.1, 0.15) is 13.0 Å². The summed E-state index contributed by atoms with van der Waals surface area (Å²) in [7, 11) is 0. The number of carbonyl (C=O) groups is 1. The molecule has 5 heteroatoms. The van der Waals surface area contributed by atoms with Crippen molar-refractivity contribution in [2.24, 2.45) is 0 Å². The molecule has 1 aromatic rings. The van der Waals surface area contributed by atoms with Gasteiger partial charge in [-0.05, 0) is 5.56 Å². The lowest BCUT2D eigenvalue weighted by Gasteiger charge is -2.06. The minimum Gasteiger partial charge on any atom is -0.453 e. The molecule has 0 fully saturated rings. The van der Waals surface area contributed by atoms with Gasteiger partial charge in [0.05, 0.1) is 0 Å². The average Bonchev–Trinajstić information content (AvgIpc) is 2.06. The quantitative estimate of drug-likeness (QED) is 0.449. The molecular weight excluding hydrogens is 188 g/mol. The van der Waals surface area contributed by atoms with Crippen molar-refractivity contribution in [2.45, 2.75) is 19.3 Å². The van der Waals surface area contributed by atoms with Gasteiger partial charge in [-0.1, -0.05) is 7.43 Å². The highest BCUT2D eigenvalue weighted by molar-refractivity contribution is 7.80. The van der Waals surface area contributed by atoms with Crippen LogP contribution in [0.4, 0.5) is 0 Å². The highest BCUT2D eigenvalue weighted by Crippen LogP contribution is 2.05. The Kier molecular flexibility index (Phi) is 5.88. The fourth-order valence-corrected chi connectivity index (χ4v) is 1.01. The standard InChI is InChI=1S/C7H8N2O2S.CH4/c10-5-11-7(12)1-6-2-8-4-9-3-6;/h2-5,7,12H,1H2;1H4. The van der Waals surface area contributed by atoms with E-state index in [9.17, 15) is 4.79 Å². The molecule has 0 saturated carbocycles. The van der Waals surface area contributed by atoms with Crippen molar-refractivity contribution in [1.29, 1.82) is 0 Å². The summed E-state index contributed by atoms with van der Waals surface area (Å²) < 4.78 is 4.57. The topological polar surface area (TPSA) is 52.1 Å². The SMILES string of the molecule is C.O=COC(S)Cc1cncnc1. The molecular formula is C8H12N2O2S. The van der Waals surface area contributed by atoms with Crippen molar-refractivity contribution < 1.29 is 9.53 Å². The molecule has 0 saturated heterocycles. The first-order chi connectivity index (χ1) is 5.83. The lowest BCUT2D eigenvalue weighted by molar-refractivity contribution is -0.129. The first kappa shape index (κ1) is 11.9. The van der Waals surface area contributed by atoms with Gasteiger partial charge in [-0.15, -0.1) is 12.6 Å². The molecule has 13 heavy (non-hydrogen) atoms. The molecule has 1 heterocycles. The maximum absolute atomic E-state index is 9.90. The van der Waals surface area contributed by atoms with Crippen molar-refractivity contribution in [3.8, 4) is 0 Å². The van der Waals surface area contributed by atoms with Crippen molar-refractivity contribution in [3.05, 3.63) is 24.3 Å². The zero-order chi connectivity index (χ0) is 8.81. The fourth-order valence-electron chi connectivity index (χ4n) is 0.749. The smallest absolute Gasteiger partial charge is 0.294 e. The summed E-state index contributed by atoms with van der Waals surface area (Å²) in [5.74, 6) is 0. The molecule has 0 N–H and O–H groups in total. The van der Waals surface area contributed by atoms with E-state index in [2.05, 4.69) is 27.3 Å². The summed E-state index contributed by atoms with van der Waals surface area (Å²) in [5, 5.41) is 0. The minimum absolute atomic E-state index is 0. The van der Waals surface area contributed by atoms with Crippen LogP contribution in [0.2, 0.25) is 0 Å². The Labute approximate surface area is 82.8 Å². The molecule has 1 atom stereocenters. The Morgan fingerprint density at radius 2 is 2.15 bits per heavy atom. The number of ether oxygens (including phenoxy) is 1. The van der Waals surface area contributed by atoms with Crippen LogP contribution in [0.5, 0.6) is 0 Å². The Hall–Kier alpha value is -1.10. The monoisotopic (exact) mass is 200 g/mol. The second-order valence-corrected chi connectivity index (χ2v) is 2.71. The van der Waals surface area contributed by atoms with Crippen LogP contribution < -0.4 is 0 Å². The van der Waals surface area contributed by atoms with E-state index in [0.29, 0.717) is 12.9 Å². The van der Waals surface area contributed by atoms with Gasteiger partial charge in [0.15, 0.2) is 0 Å². The van der Waals surface area contributed by atoms with Gasteiger partial charge in [-0.2, -0.15) is 0 Å². The Morgan fingerprint density at radius 3 is 2.69 bits per heavy atom. The van der Waals surface area contributed by atoms with E-state index in [1.807, 2.05) is 0 Å². The van der Waals surface area contributed by atoms with Gasteiger partial charge in [0.1, 0.15) is 11.8 Å². The van der Waals surface area contributed by atoms with E-state index >= 15 is 0 Å². The normalized spacial score (nSPS) is 11.2. The van der Waals surface area contributed by atoms with Crippen molar-refractivity contribution in [3.63, 3.8) is 0 Å². The number of carbonyl (C=O) groups excluding carboxylic acids is 1. The molecule has 1 unspecified atom stereocenters. The van der Waals surface area contributed by atoms with Gasteiger partial charge in [0, 0.05) is 18.8 Å². The van der Waals surface area contributed by atoms with Gasteiger partial charge in [-0.3, -0.25) is 4.79 Å². The second-order valence-electron chi connectivity index (χ2n) is 2.14. The summed E-state index contributed by atoms with van der Waals surface area (Å²) in [6, 6.07) is 0. The van der Waals surface area contributed by atoms with Gasteiger partial charge in [0.2, 0.25) is 0 Å². The molecule has 0 spiro atoms. The average molecular weight is 200 g/mol. The third kappa shape index (κ3) is 4.47. The third-order valence-electron chi connectivity index (χ3n) is 1.24. The molecule has 0 bridgehead atoms. The van der Waals surface area contributed by atoms with Crippen LogP contribution in [0.15, 0.2) is 18.7 Å². The first-order valence-corrected chi connectivity index (χ1v) is 3.85. The molecule has 4 nitrogen and oxygen atoms in total. The van der Waals surface area contributed by atoms with Gasteiger partial charge in [-0.25, -0.2) is 9.97 Å². The molecule has 72 valence electrons. The lowest BCUT2D eigenvalue weighted by atomic mass is 10.2. The number of rotatable bonds is 4. The minimum atomic E-state index is -0.423. The lowest BCUT2D eigenvalue weighted by Crippen LogP contribution is -2.07. The largest absolute Gasteiger partial charge is 0.453 e. The highest BCUT2D eigenvalue weighted by Gasteiger charge is 2.03. The first-order valence-electron chi connectivity index (χ1n) is 3.34.